The molecule has 1 N–H and O–H groups in total. The molecule has 0 fully saturated rings. The summed E-state index contributed by atoms with van der Waals surface area (Å²) in [5.74, 6) is 0.911. The van der Waals surface area contributed by atoms with E-state index in [1.807, 2.05) is 31.2 Å². The molecule has 0 saturated carbocycles. The first kappa shape index (κ1) is 19.0. The van der Waals surface area contributed by atoms with E-state index in [4.69, 9.17) is 11.6 Å². The number of halogens is 1. The molecule has 1 aromatic heterocycles. The number of aromatic amines is 1. The third-order valence-electron chi connectivity index (χ3n) is 4.06. The van der Waals surface area contributed by atoms with Gasteiger partial charge in [0.05, 0.1) is 5.69 Å². The zero-order valence-corrected chi connectivity index (χ0v) is 16.0. The van der Waals surface area contributed by atoms with Crippen LogP contribution in [0.5, 0.6) is 0 Å². The lowest BCUT2D eigenvalue weighted by molar-refractivity contribution is 0.324. The van der Waals surface area contributed by atoms with Gasteiger partial charge in [0, 0.05) is 29.3 Å². The molecule has 0 saturated heterocycles. The molecule has 2 rings (SSSR count). The minimum atomic E-state index is -0.0562. The van der Waals surface area contributed by atoms with Crippen LogP contribution < -0.4 is 5.56 Å². The molecule has 0 aliphatic rings. The first-order chi connectivity index (χ1) is 11.5. The van der Waals surface area contributed by atoms with Crippen molar-refractivity contribution < 1.29 is 0 Å². The topological polar surface area (TPSA) is 49.0 Å². The van der Waals surface area contributed by atoms with E-state index in [1.165, 1.54) is 0 Å². The van der Waals surface area contributed by atoms with E-state index in [0.717, 1.165) is 36.6 Å². The molecule has 0 radical (unpaired) electrons. The maximum atomic E-state index is 12.2. The molecule has 0 bridgehead atoms. The quantitative estimate of drug-likeness (QED) is 0.571. The molecule has 0 unspecified atom stereocenters. The maximum absolute atomic E-state index is 12.2. The third kappa shape index (κ3) is 5.36. The van der Waals surface area contributed by atoms with Gasteiger partial charge in [-0.15, -0.1) is 0 Å². The van der Waals surface area contributed by atoms with E-state index in [0.29, 0.717) is 22.2 Å². The second-order valence-corrected chi connectivity index (χ2v) is 7.14. The largest absolute Gasteiger partial charge is 0.303 e. The van der Waals surface area contributed by atoms with E-state index < -0.39 is 0 Å². The Bertz CT molecular complexity index is 711. The van der Waals surface area contributed by atoms with Crippen molar-refractivity contribution in [1.29, 1.82) is 0 Å². The Morgan fingerprint density at radius 3 is 2.50 bits per heavy atom. The van der Waals surface area contributed by atoms with Crippen molar-refractivity contribution in [3.05, 3.63) is 56.5 Å². The lowest BCUT2D eigenvalue weighted by atomic mass is 10.1. The minimum Gasteiger partial charge on any atom is -0.303 e. The Hall–Kier alpha value is -1.30. The highest BCUT2D eigenvalue weighted by Gasteiger charge is 2.09. The van der Waals surface area contributed by atoms with Crippen molar-refractivity contribution in [2.45, 2.75) is 32.3 Å². The molecule has 1 aromatic carbocycles. The number of H-pyrrole nitrogens is 1. The summed E-state index contributed by atoms with van der Waals surface area (Å²) in [6, 6.07) is 7.66. The van der Waals surface area contributed by atoms with Gasteiger partial charge in [-0.3, -0.25) is 4.79 Å². The van der Waals surface area contributed by atoms with Gasteiger partial charge in [0.1, 0.15) is 0 Å². The van der Waals surface area contributed by atoms with Crippen LogP contribution in [0, 0.1) is 6.92 Å². The minimum absolute atomic E-state index is 0.0562. The summed E-state index contributed by atoms with van der Waals surface area (Å²) in [7, 11) is 0. The standard InChI is InChI=1S/C18H24ClN3OS/c1-4-22(5-2)10-11-24-18-20-16(13(3)17(23)21-18)12-14-6-8-15(19)9-7-14/h6-9H,4-5,10-12H2,1-3H3,(H,20,21,23). The normalized spacial score (nSPS) is 11.2. The number of benzene rings is 1. The van der Waals surface area contributed by atoms with E-state index in [-0.39, 0.29) is 5.56 Å². The highest BCUT2D eigenvalue weighted by molar-refractivity contribution is 7.99. The second kappa shape index (κ2) is 9.25. The fraction of sp³-hybridized carbons (Fsp3) is 0.444. The molecule has 0 aliphatic carbocycles. The Kier molecular flexibility index (Phi) is 7.34. The van der Waals surface area contributed by atoms with Crippen molar-refractivity contribution in [3.8, 4) is 0 Å². The van der Waals surface area contributed by atoms with Crippen LogP contribution in [0.2, 0.25) is 5.02 Å². The highest BCUT2D eigenvalue weighted by Crippen LogP contribution is 2.17. The molecular formula is C18H24ClN3OS. The first-order valence-corrected chi connectivity index (χ1v) is 9.59. The average molecular weight is 366 g/mol. The van der Waals surface area contributed by atoms with E-state index in [9.17, 15) is 4.79 Å². The molecule has 0 spiro atoms. The van der Waals surface area contributed by atoms with Crippen LogP contribution >= 0.6 is 23.4 Å². The Labute approximate surface area is 152 Å². The average Bonchev–Trinajstić information content (AvgIpc) is 2.58. The van der Waals surface area contributed by atoms with Crippen molar-refractivity contribution in [3.63, 3.8) is 0 Å². The van der Waals surface area contributed by atoms with Crippen molar-refractivity contribution >= 4 is 23.4 Å². The molecule has 0 atom stereocenters. The summed E-state index contributed by atoms with van der Waals surface area (Å²) in [6.45, 7) is 9.20. The maximum Gasteiger partial charge on any atom is 0.254 e. The predicted octanol–water partition coefficient (Wildman–Crippen LogP) is 3.76. The summed E-state index contributed by atoms with van der Waals surface area (Å²) < 4.78 is 0. The highest BCUT2D eigenvalue weighted by atomic mass is 35.5. The molecule has 4 nitrogen and oxygen atoms in total. The lowest BCUT2D eigenvalue weighted by Crippen LogP contribution is -2.25. The van der Waals surface area contributed by atoms with Gasteiger partial charge in [-0.05, 0) is 37.7 Å². The number of hydrogen-bond donors (Lipinski definition) is 1. The van der Waals surface area contributed by atoms with Crippen LogP contribution in [0.3, 0.4) is 0 Å². The van der Waals surface area contributed by atoms with Crippen LogP contribution in [0.1, 0.15) is 30.7 Å². The lowest BCUT2D eigenvalue weighted by Gasteiger charge is -2.17. The monoisotopic (exact) mass is 365 g/mol. The number of nitrogens with one attached hydrogen (secondary N) is 1. The van der Waals surface area contributed by atoms with Crippen LogP contribution in [-0.4, -0.2) is 40.3 Å². The van der Waals surface area contributed by atoms with Gasteiger partial charge in [0.25, 0.3) is 5.56 Å². The van der Waals surface area contributed by atoms with Gasteiger partial charge in [-0.1, -0.05) is 49.3 Å². The number of hydrogen-bond acceptors (Lipinski definition) is 4. The number of aromatic nitrogens is 2. The van der Waals surface area contributed by atoms with Gasteiger partial charge in [-0.2, -0.15) is 0 Å². The fourth-order valence-electron chi connectivity index (χ4n) is 2.40. The summed E-state index contributed by atoms with van der Waals surface area (Å²) >= 11 is 7.53. The van der Waals surface area contributed by atoms with Crippen LogP contribution in [0.4, 0.5) is 0 Å². The molecule has 0 aliphatic heterocycles. The number of thioether (sulfide) groups is 1. The van der Waals surface area contributed by atoms with Crippen LogP contribution in [0.15, 0.2) is 34.2 Å². The zero-order chi connectivity index (χ0) is 17.5. The van der Waals surface area contributed by atoms with Crippen LogP contribution in [-0.2, 0) is 6.42 Å². The summed E-state index contributed by atoms with van der Waals surface area (Å²) in [4.78, 5) is 22.1. The Morgan fingerprint density at radius 2 is 1.88 bits per heavy atom. The molecule has 130 valence electrons. The zero-order valence-electron chi connectivity index (χ0n) is 14.4. The SMILES string of the molecule is CCN(CC)CCSc1nc(Cc2ccc(Cl)cc2)c(C)c(=O)[nH]1. The summed E-state index contributed by atoms with van der Waals surface area (Å²) in [5.41, 5.74) is 2.54. The number of rotatable bonds is 8. The van der Waals surface area contributed by atoms with E-state index >= 15 is 0 Å². The molecule has 1 heterocycles. The predicted molar refractivity (Wildman–Crippen MR) is 102 cm³/mol. The third-order valence-corrected chi connectivity index (χ3v) is 5.16. The molecular weight excluding hydrogens is 342 g/mol. The van der Waals surface area contributed by atoms with Gasteiger partial charge in [-0.25, -0.2) is 4.98 Å². The van der Waals surface area contributed by atoms with Gasteiger partial charge >= 0.3 is 0 Å². The van der Waals surface area contributed by atoms with Gasteiger partial charge < -0.3 is 9.88 Å². The Balaban J connectivity index is 2.10. The van der Waals surface area contributed by atoms with E-state index in [1.54, 1.807) is 11.8 Å². The smallest absolute Gasteiger partial charge is 0.254 e. The van der Waals surface area contributed by atoms with Crippen molar-refractivity contribution in [2.24, 2.45) is 0 Å². The Morgan fingerprint density at radius 1 is 1.21 bits per heavy atom. The van der Waals surface area contributed by atoms with Gasteiger partial charge in [0.2, 0.25) is 0 Å². The molecule has 6 heteroatoms. The molecule has 2 aromatic rings. The van der Waals surface area contributed by atoms with Gasteiger partial charge in [0.15, 0.2) is 5.16 Å². The number of nitrogens with zero attached hydrogens (tertiary/aromatic N) is 2. The summed E-state index contributed by atoms with van der Waals surface area (Å²) in [6.07, 6.45) is 0.635. The molecule has 24 heavy (non-hydrogen) atoms. The first-order valence-electron chi connectivity index (χ1n) is 8.22. The van der Waals surface area contributed by atoms with Crippen molar-refractivity contribution in [2.75, 3.05) is 25.4 Å². The fourth-order valence-corrected chi connectivity index (χ4v) is 3.41. The van der Waals surface area contributed by atoms with E-state index in [2.05, 4.69) is 28.7 Å². The molecule has 0 amide bonds. The second-order valence-electron chi connectivity index (χ2n) is 5.62. The summed E-state index contributed by atoms with van der Waals surface area (Å²) in [5, 5.41) is 1.41. The van der Waals surface area contributed by atoms with Crippen LogP contribution in [0.25, 0.3) is 0 Å². The van der Waals surface area contributed by atoms with Crippen molar-refractivity contribution in [1.82, 2.24) is 14.9 Å².